The average Bonchev–Trinajstić information content (AvgIpc) is 2.57. The van der Waals surface area contributed by atoms with Crippen LogP contribution >= 0.6 is 0 Å². The van der Waals surface area contributed by atoms with Crippen molar-refractivity contribution in [2.24, 2.45) is 11.5 Å². The Morgan fingerprint density at radius 1 is 0.933 bits per heavy atom. The molecule has 2 saturated carbocycles. The van der Waals surface area contributed by atoms with E-state index < -0.39 is 5.92 Å². The van der Waals surface area contributed by atoms with Crippen molar-refractivity contribution in [1.29, 1.82) is 0 Å². The first kappa shape index (κ1) is 14.8. The Labute approximate surface area is 91.4 Å². The molecule has 4 N–H and O–H groups in total. The van der Waals surface area contributed by atoms with Crippen molar-refractivity contribution >= 4 is 0 Å². The predicted octanol–water partition coefficient (Wildman–Crippen LogP) is 2.66. The van der Waals surface area contributed by atoms with Gasteiger partial charge in [-0.3, -0.25) is 0 Å². The lowest BCUT2D eigenvalue weighted by Gasteiger charge is -2.31. The maximum atomic E-state index is 11.7. The van der Waals surface area contributed by atoms with Crippen molar-refractivity contribution < 1.29 is 8.78 Å². The molecule has 0 radical (unpaired) electrons. The van der Waals surface area contributed by atoms with Gasteiger partial charge in [-0.15, -0.1) is 0 Å². The molecule has 15 heavy (non-hydrogen) atoms. The average molecular weight is 222 g/mol. The van der Waals surface area contributed by atoms with Gasteiger partial charge in [-0.2, -0.15) is 0 Å². The van der Waals surface area contributed by atoms with E-state index in [1.165, 1.54) is 25.7 Å². The summed E-state index contributed by atoms with van der Waals surface area (Å²) in [7, 11) is 0. The van der Waals surface area contributed by atoms with Crippen molar-refractivity contribution in [2.75, 3.05) is 0 Å². The van der Waals surface area contributed by atoms with Crippen molar-refractivity contribution in [3.05, 3.63) is 0 Å². The quantitative estimate of drug-likeness (QED) is 0.662. The van der Waals surface area contributed by atoms with Gasteiger partial charge >= 0.3 is 0 Å². The van der Waals surface area contributed by atoms with E-state index in [9.17, 15) is 8.78 Å². The third-order valence-corrected chi connectivity index (χ3v) is 2.52. The van der Waals surface area contributed by atoms with Gasteiger partial charge in [-0.1, -0.05) is 26.7 Å². The number of hydrogen-bond acceptors (Lipinski definition) is 2. The first-order valence-electron chi connectivity index (χ1n) is 5.88. The Hall–Kier alpha value is -0.220. The summed E-state index contributed by atoms with van der Waals surface area (Å²) in [4.78, 5) is 0. The fourth-order valence-electron chi connectivity index (χ4n) is 1.66. The van der Waals surface area contributed by atoms with E-state index in [-0.39, 0.29) is 18.9 Å². The SMILES string of the molecule is CC.NC1CC(F)(F)C1.NC1CCCC1. The summed E-state index contributed by atoms with van der Waals surface area (Å²) in [5.74, 6) is -2.43. The van der Waals surface area contributed by atoms with Crippen LogP contribution in [-0.2, 0) is 0 Å². The molecule has 0 saturated heterocycles. The van der Waals surface area contributed by atoms with Crippen LogP contribution in [0, 0.1) is 0 Å². The van der Waals surface area contributed by atoms with Crippen LogP contribution in [0.5, 0.6) is 0 Å². The number of nitrogens with two attached hydrogens (primary N) is 2. The first-order chi connectivity index (χ1) is 6.99. The Kier molecular flexibility index (Phi) is 7.02. The van der Waals surface area contributed by atoms with Crippen molar-refractivity contribution in [3.8, 4) is 0 Å². The van der Waals surface area contributed by atoms with Gasteiger partial charge in [-0.25, -0.2) is 8.78 Å². The molecule has 0 bridgehead atoms. The summed E-state index contributed by atoms with van der Waals surface area (Å²) in [6.45, 7) is 4.00. The molecule has 0 aliphatic heterocycles. The molecule has 0 aromatic carbocycles. The van der Waals surface area contributed by atoms with Crippen LogP contribution in [0.2, 0.25) is 0 Å². The number of alkyl halides is 2. The fourth-order valence-corrected chi connectivity index (χ4v) is 1.66. The molecule has 92 valence electrons. The van der Waals surface area contributed by atoms with E-state index in [1.54, 1.807) is 0 Å². The van der Waals surface area contributed by atoms with Gasteiger partial charge in [0, 0.05) is 24.9 Å². The first-order valence-corrected chi connectivity index (χ1v) is 5.88. The Balaban J connectivity index is 0.000000227. The third kappa shape index (κ3) is 6.79. The van der Waals surface area contributed by atoms with Crippen LogP contribution in [-0.4, -0.2) is 18.0 Å². The maximum absolute atomic E-state index is 11.7. The van der Waals surface area contributed by atoms with Gasteiger partial charge in [0.25, 0.3) is 5.92 Å². The zero-order valence-corrected chi connectivity index (χ0v) is 9.81. The summed E-state index contributed by atoms with van der Waals surface area (Å²) in [5, 5.41) is 0. The molecule has 0 heterocycles. The lowest BCUT2D eigenvalue weighted by molar-refractivity contribution is -0.0840. The Morgan fingerprint density at radius 2 is 1.33 bits per heavy atom. The van der Waals surface area contributed by atoms with Crippen LogP contribution in [0.25, 0.3) is 0 Å². The second-order valence-corrected chi connectivity index (χ2v) is 4.07. The number of halogens is 2. The minimum Gasteiger partial charge on any atom is -0.328 e. The molecule has 0 aromatic heterocycles. The molecule has 0 aromatic rings. The monoisotopic (exact) mass is 222 g/mol. The minimum absolute atomic E-state index is 0.118. The third-order valence-electron chi connectivity index (χ3n) is 2.52. The van der Waals surface area contributed by atoms with Crippen LogP contribution in [0.3, 0.4) is 0 Å². The summed E-state index contributed by atoms with van der Waals surface area (Å²) < 4.78 is 23.4. The molecule has 0 amide bonds. The van der Waals surface area contributed by atoms with Crippen LogP contribution < -0.4 is 11.5 Å². The van der Waals surface area contributed by atoms with Crippen molar-refractivity contribution in [1.82, 2.24) is 0 Å². The largest absolute Gasteiger partial charge is 0.328 e. The predicted molar refractivity (Wildman–Crippen MR) is 59.9 cm³/mol. The Morgan fingerprint density at radius 3 is 1.40 bits per heavy atom. The molecule has 2 rings (SSSR count). The standard InChI is InChI=1S/C5H11N.C4H7F2N.C2H6/c6-5-3-1-2-4-5;5-4(6)1-3(7)2-4;1-2/h5H,1-4,6H2;3H,1-2,7H2;1-2H3. The van der Waals surface area contributed by atoms with Crippen LogP contribution in [0.1, 0.15) is 52.4 Å². The van der Waals surface area contributed by atoms with Gasteiger partial charge in [0.15, 0.2) is 0 Å². The summed E-state index contributed by atoms with van der Waals surface area (Å²) in [5.41, 5.74) is 10.6. The normalized spacial score (nSPS) is 24.4. The van der Waals surface area contributed by atoms with E-state index in [0.717, 1.165) is 0 Å². The van der Waals surface area contributed by atoms with Crippen LogP contribution in [0.15, 0.2) is 0 Å². The molecule has 2 fully saturated rings. The molecule has 0 atom stereocenters. The second kappa shape index (κ2) is 7.12. The van der Waals surface area contributed by atoms with Gasteiger partial charge < -0.3 is 11.5 Å². The highest BCUT2D eigenvalue weighted by atomic mass is 19.3. The summed E-state index contributed by atoms with van der Waals surface area (Å²) in [6, 6.07) is 0.306. The van der Waals surface area contributed by atoms with Crippen LogP contribution in [0.4, 0.5) is 8.78 Å². The lowest BCUT2D eigenvalue weighted by atomic mass is 9.89. The minimum atomic E-state index is -2.43. The van der Waals surface area contributed by atoms with Gasteiger partial charge in [0.2, 0.25) is 0 Å². The highest BCUT2D eigenvalue weighted by Gasteiger charge is 2.43. The van der Waals surface area contributed by atoms with E-state index in [4.69, 9.17) is 11.5 Å². The van der Waals surface area contributed by atoms with Crippen molar-refractivity contribution in [3.63, 3.8) is 0 Å². The molecule has 2 aliphatic rings. The van der Waals surface area contributed by atoms with E-state index in [2.05, 4.69) is 0 Å². The molecule has 0 spiro atoms. The molecular formula is C11H24F2N2. The second-order valence-electron chi connectivity index (χ2n) is 4.07. The Bertz CT molecular complexity index is 149. The topological polar surface area (TPSA) is 52.0 Å². The zero-order chi connectivity index (χ0) is 11.9. The maximum Gasteiger partial charge on any atom is 0.251 e. The summed E-state index contributed by atoms with van der Waals surface area (Å²) in [6.07, 6.45) is 5.02. The fraction of sp³-hybridized carbons (Fsp3) is 1.00. The highest BCUT2D eigenvalue weighted by molar-refractivity contribution is 4.88. The van der Waals surface area contributed by atoms with Gasteiger partial charge in [0.1, 0.15) is 0 Å². The lowest BCUT2D eigenvalue weighted by Crippen LogP contribution is -2.45. The molecule has 2 nitrogen and oxygen atoms in total. The van der Waals surface area contributed by atoms with Gasteiger partial charge in [0.05, 0.1) is 0 Å². The molecule has 0 unspecified atom stereocenters. The molecule has 4 heteroatoms. The molecular weight excluding hydrogens is 198 g/mol. The molecule has 2 aliphatic carbocycles. The number of hydrogen-bond donors (Lipinski definition) is 2. The van der Waals surface area contributed by atoms with Crippen molar-refractivity contribution in [2.45, 2.75) is 70.4 Å². The zero-order valence-electron chi connectivity index (χ0n) is 9.81. The van der Waals surface area contributed by atoms with E-state index in [0.29, 0.717) is 6.04 Å². The van der Waals surface area contributed by atoms with E-state index in [1.807, 2.05) is 13.8 Å². The highest BCUT2D eigenvalue weighted by Crippen LogP contribution is 2.35. The van der Waals surface area contributed by atoms with E-state index >= 15 is 0 Å². The smallest absolute Gasteiger partial charge is 0.251 e. The number of rotatable bonds is 0. The summed E-state index contributed by atoms with van der Waals surface area (Å²) >= 11 is 0. The van der Waals surface area contributed by atoms with Gasteiger partial charge in [-0.05, 0) is 12.8 Å².